The van der Waals surface area contributed by atoms with Gasteiger partial charge in [-0.2, -0.15) is 0 Å². The van der Waals surface area contributed by atoms with Crippen molar-refractivity contribution in [2.24, 2.45) is 0 Å². The highest BCUT2D eigenvalue weighted by Crippen LogP contribution is 2.45. The first kappa shape index (κ1) is 16.3. The quantitative estimate of drug-likeness (QED) is 0.711. The van der Waals surface area contributed by atoms with E-state index >= 15 is 0 Å². The van der Waals surface area contributed by atoms with E-state index in [0.29, 0.717) is 5.95 Å². The molecule has 0 saturated heterocycles. The lowest BCUT2D eigenvalue weighted by atomic mass is 9.86. The molecule has 0 aliphatic carbocycles. The summed E-state index contributed by atoms with van der Waals surface area (Å²) in [6.07, 6.45) is 6.91. The molecule has 3 heterocycles. The Hall–Kier alpha value is -3.15. The molecular weight excluding hydrogens is 326 g/mol. The molecule has 4 rings (SSSR count). The second-order valence-electron chi connectivity index (χ2n) is 7.10. The van der Waals surface area contributed by atoms with Crippen LogP contribution in [0.1, 0.15) is 30.7 Å². The lowest BCUT2D eigenvalue weighted by molar-refractivity contribution is -0.121. The van der Waals surface area contributed by atoms with Crippen molar-refractivity contribution in [2.45, 2.75) is 33.1 Å². The van der Waals surface area contributed by atoms with E-state index in [1.165, 1.54) is 0 Å². The van der Waals surface area contributed by atoms with Crippen molar-refractivity contribution in [1.29, 1.82) is 0 Å². The van der Waals surface area contributed by atoms with Crippen molar-refractivity contribution in [2.75, 3.05) is 4.90 Å². The molecule has 0 bridgehead atoms. The van der Waals surface area contributed by atoms with Gasteiger partial charge in [0.15, 0.2) is 0 Å². The molecule has 130 valence electrons. The molecule has 0 N–H and O–H groups in total. The maximum absolute atomic E-state index is 13.1. The minimum absolute atomic E-state index is 0.0384. The van der Waals surface area contributed by atoms with Gasteiger partial charge in [-0.05, 0) is 44.9 Å². The van der Waals surface area contributed by atoms with Crippen molar-refractivity contribution in [1.82, 2.24) is 19.9 Å². The molecule has 0 atom stereocenters. The fraction of sp³-hybridized carbons (Fsp3) is 0.250. The Labute approximate surface area is 152 Å². The number of aromatic nitrogens is 4. The number of hydrogen-bond acceptors (Lipinski definition) is 5. The van der Waals surface area contributed by atoms with Gasteiger partial charge in [-0.3, -0.25) is 14.8 Å². The standard InChI is InChI=1S/C20H19N5O/c1-12-8-23-19(24-9-12)25-17-7-14(16-11-21-13(2)10-22-16)5-6-15(17)20(3,4)18(25)26/h5-11H,1-4H3. The number of aryl methyl sites for hydroxylation is 2. The van der Waals surface area contributed by atoms with Crippen LogP contribution in [0, 0.1) is 13.8 Å². The van der Waals surface area contributed by atoms with Crippen LogP contribution in [-0.2, 0) is 10.2 Å². The van der Waals surface area contributed by atoms with Crippen LogP contribution in [0.25, 0.3) is 11.3 Å². The predicted octanol–water partition coefficient (Wildman–Crippen LogP) is 3.51. The Morgan fingerprint density at radius 3 is 2.31 bits per heavy atom. The number of anilines is 2. The summed E-state index contributed by atoms with van der Waals surface area (Å²) in [6, 6.07) is 5.93. The topological polar surface area (TPSA) is 71.9 Å². The zero-order valence-corrected chi connectivity index (χ0v) is 15.2. The second kappa shape index (κ2) is 5.69. The van der Waals surface area contributed by atoms with Gasteiger partial charge in [-0.1, -0.05) is 12.1 Å². The van der Waals surface area contributed by atoms with Crippen LogP contribution in [0.15, 0.2) is 43.0 Å². The Bertz CT molecular complexity index is 994. The van der Waals surface area contributed by atoms with E-state index in [9.17, 15) is 4.79 Å². The third-order valence-electron chi connectivity index (χ3n) is 4.69. The summed E-state index contributed by atoms with van der Waals surface area (Å²) >= 11 is 0. The number of carbonyl (C=O) groups excluding carboxylic acids is 1. The first-order valence-corrected chi connectivity index (χ1v) is 8.44. The number of rotatable bonds is 2. The average molecular weight is 345 g/mol. The van der Waals surface area contributed by atoms with E-state index in [2.05, 4.69) is 19.9 Å². The van der Waals surface area contributed by atoms with E-state index in [1.807, 2.05) is 45.9 Å². The number of fused-ring (bicyclic) bond motifs is 1. The van der Waals surface area contributed by atoms with Crippen LogP contribution >= 0.6 is 0 Å². The fourth-order valence-corrected chi connectivity index (χ4v) is 3.15. The largest absolute Gasteiger partial charge is 0.273 e. The van der Waals surface area contributed by atoms with E-state index in [4.69, 9.17) is 0 Å². The van der Waals surface area contributed by atoms with Crippen molar-refractivity contribution in [3.63, 3.8) is 0 Å². The summed E-state index contributed by atoms with van der Waals surface area (Å²) in [7, 11) is 0. The van der Waals surface area contributed by atoms with Crippen molar-refractivity contribution < 1.29 is 4.79 Å². The fourth-order valence-electron chi connectivity index (χ4n) is 3.15. The van der Waals surface area contributed by atoms with E-state index < -0.39 is 5.41 Å². The highest BCUT2D eigenvalue weighted by molar-refractivity contribution is 6.11. The predicted molar refractivity (Wildman–Crippen MR) is 99.1 cm³/mol. The normalized spacial score (nSPS) is 15.2. The average Bonchev–Trinajstić information content (AvgIpc) is 2.83. The molecule has 0 unspecified atom stereocenters. The number of amides is 1. The maximum atomic E-state index is 13.1. The Balaban J connectivity index is 1.87. The van der Waals surface area contributed by atoms with Crippen LogP contribution in [0.5, 0.6) is 0 Å². The number of nitrogens with zero attached hydrogens (tertiary/aromatic N) is 5. The van der Waals surface area contributed by atoms with Crippen LogP contribution in [-0.4, -0.2) is 25.8 Å². The molecule has 1 aliphatic rings. The van der Waals surface area contributed by atoms with Gasteiger partial charge in [0.25, 0.3) is 0 Å². The van der Waals surface area contributed by atoms with Crippen molar-refractivity contribution >= 4 is 17.5 Å². The zero-order chi connectivity index (χ0) is 18.5. The molecule has 0 saturated carbocycles. The smallest absolute Gasteiger partial charge is 0.244 e. The second-order valence-corrected chi connectivity index (χ2v) is 7.10. The molecule has 3 aromatic rings. The summed E-state index contributed by atoms with van der Waals surface area (Å²) < 4.78 is 0. The molecule has 0 fully saturated rings. The third-order valence-corrected chi connectivity index (χ3v) is 4.69. The first-order chi connectivity index (χ1) is 12.4. The molecular formula is C20H19N5O. The van der Waals surface area contributed by atoms with Crippen LogP contribution in [0.3, 0.4) is 0 Å². The van der Waals surface area contributed by atoms with Crippen molar-refractivity contribution in [3.05, 3.63) is 59.8 Å². The lowest BCUT2D eigenvalue weighted by Crippen LogP contribution is -2.34. The summed E-state index contributed by atoms with van der Waals surface area (Å²) in [5.41, 5.74) is 4.59. The van der Waals surface area contributed by atoms with E-state index in [1.54, 1.807) is 29.7 Å². The van der Waals surface area contributed by atoms with E-state index in [0.717, 1.165) is 33.8 Å². The minimum atomic E-state index is -0.638. The summed E-state index contributed by atoms with van der Waals surface area (Å²) in [6.45, 7) is 7.67. The number of carbonyl (C=O) groups is 1. The molecule has 1 amide bonds. The van der Waals surface area contributed by atoms with Crippen LogP contribution in [0.2, 0.25) is 0 Å². The molecule has 1 aromatic carbocycles. The Morgan fingerprint density at radius 2 is 1.65 bits per heavy atom. The summed E-state index contributed by atoms with van der Waals surface area (Å²) in [4.78, 5) is 32.1. The summed E-state index contributed by atoms with van der Waals surface area (Å²) in [5.74, 6) is 0.350. The van der Waals surface area contributed by atoms with Gasteiger partial charge in [0, 0.05) is 24.2 Å². The minimum Gasteiger partial charge on any atom is -0.273 e. The van der Waals surface area contributed by atoms with Crippen LogP contribution < -0.4 is 4.90 Å². The molecule has 0 radical (unpaired) electrons. The van der Waals surface area contributed by atoms with Gasteiger partial charge >= 0.3 is 0 Å². The number of hydrogen-bond donors (Lipinski definition) is 0. The molecule has 26 heavy (non-hydrogen) atoms. The SMILES string of the molecule is Cc1cnc(N2C(=O)C(C)(C)c3ccc(-c4cnc(C)cn4)cc32)nc1. The van der Waals surface area contributed by atoms with Gasteiger partial charge in [-0.25, -0.2) is 14.9 Å². The molecule has 0 spiro atoms. The molecule has 2 aromatic heterocycles. The van der Waals surface area contributed by atoms with Crippen LogP contribution in [0.4, 0.5) is 11.6 Å². The Kier molecular flexibility index (Phi) is 3.57. The molecule has 1 aliphatic heterocycles. The maximum Gasteiger partial charge on any atom is 0.244 e. The van der Waals surface area contributed by atoms with Gasteiger partial charge in [0.05, 0.1) is 28.7 Å². The van der Waals surface area contributed by atoms with E-state index in [-0.39, 0.29) is 5.91 Å². The van der Waals surface area contributed by atoms with Gasteiger partial charge in [-0.15, -0.1) is 0 Å². The van der Waals surface area contributed by atoms with Crippen molar-refractivity contribution in [3.8, 4) is 11.3 Å². The van der Waals surface area contributed by atoms with Gasteiger partial charge in [0.2, 0.25) is 11.9 Å². The first-order valence-electron chi connectivity index (χ1n) is 8.44. The lowest BCUT2D eigenvalue weighted by Gasteiger charge is -2.18. The zero-order valence-electron chi connectivity index (χ0n) is 15.2. The van der Waals surface area contributed by atoms with Gasteiger partial charge < -0.3 is 0 Å². The van der Waals surface area contributed by atoms with Gasteiger partial charge in [0.1, 0.15) is 0 Å². The third kappa shape index (κ3) is 2.45. The molecule has 6 heteroatoms. The molecule has 6 nitrogen and oxygen atoms in total. The highest BCUT2D eigenvalue weighted by Gasteiger charge is 2.45. The highest BCUT2D eigenvalue weighted by atomic mass is 16.2. The Morgan fingerprint density at radius 1 is 0.923 bits per heavy atom. The monoisotopic (exact) mass is 345 g/mol. The summed E-state index contributed by atoms with van der Waals surface area (Å²) in [5, 5.41) is 0. The number of benzene rings is 1.